The summed E-state index contributed by atoms with van der Waals surface area (Å²) in [5, 5.41) is 11.5. The van der Waals surface area contributed by atoms with Crippen LogP contribution in [0.5, 0.6) is 0 Å². The molecule has 0 saturated carbocycles. The summed E-state index contributed by atoms with van der Waals surface area (Å²) in [5.41, 5.74) is 3.14. The first-order valence-corrected chi connectivity index (χ1v) is 6.33. The summed E-state index contributed by atoms with van der Waals surface area (Å²) in [5.74, 6) is -0.808. The van der Waals surface area contributed by atoms with Crippen LogP contribution >= 0.6 is 0 Å². The highest BCUT2D eigenvalue weighted by Crippen LogP contribution is 2.26. The van der Waals surface area contributed by atoms with Crippen molar-refractivity contribution in [2.45, 2.75) is 6.61 Å². The average Bonchev–Trinajstić information content (AvgIpc) is 2.81. The highest BCUT2D eigenvalue weighted by Gasteiger charge is 2.26. The SMILES string of the molecule is O=Cc1ccc(-c2ccc3c(c2)C(=O)NC3=O)cc1CO. The van der Waals surface area contributed by atoms with E-state index in [-0.39, 0.29) is 6.61 Å². The summed E-state index contributed by atoms with van der Waals surface area (Å²) < 4.78 is 0. The van der Waals surface area contributed by atoms with Crippen LogP contribution in [-0.4, -0.2) is 23.2 Å². The molecule has 0 spiro atoms. The zero-order valence-electron chi connectivity index (χ0n) is 10.9. The molecule has 0 saturated heterocycles. The van der Waals surface area contributed by atoms with Crippen molar-refractivity contribution >= 4 is 18.1 Å². The molecule has 5 nitrogen and oxygen atoms in total. The zero-order chi connectivity index (χ0) is 15.0. The Morgan fingerprint density at radius 1 is 0.952 bits per heavy atom. The molecule has 2 amide bonds. The molecule has 1 aliphatic heterocycles. The molecule has 2 aromatic carbocycles. The molecule has 104 valence electrons. The fourth-order valence-corrected chi connectivity index (χ4v) is 2.38. The van der Waals surface area contributed by atoms with Gasteiger partial charge in [0.05, 0.1) is 17.7 Å². The Labute approximate surface area is 120 Å². The number of nitrogens with one attached hydrogen (secondary N) is 1. The van der Waals surface area contributed by atoms with Gasteiger partial charge >= 0.3 is 0 Å². The first kappa shape index (κ1) is 13.2. The van der Waals surface area contributed by atoms with E-state index in [4.69, 9.17) is 0 Å². The van der Waals surface area contributed by atoms with E-state index < -0.39 is 11.8 Å². The van der Waals surface area contributed by atoms with Gasteiger partial charge in [-0.1, -0.05) is 18.2 Å². The largest absolute Gasteiger partial charge is 0.392 e. The molecular formula is C16H11NO4. The van der Waals surface area contributed by atoms with Crippen LogP contribution < -0.4 is 5.32 Å². The van der Waals surface area contributed by atoms with E-state index in [0.717, 1.165) is 11.1 Å². The fourth-order valence-electron chi connectivity index (χ4n) is 2.38. The predicted octanol–water partition coefficient (Wildman–Crippen LogP) is 1.54. The summed E-state index contributed by atoms with van der Waals surface area (Å²) in [7, 11) is 0. The standard InChI is InChI=1S/C16H11NO4/c18-7-11-2-1-9(5-12(11)8-19)10-3-4-13-14(6-10)16(21)17-15(13)20/h1-7,19H,8H2,(H,17,20,21). The number of rotatable bonds is 3. The Hall–Kier alpha value is -2.79. The van der Waals surface area contributed by atoms with Crippen LogP contribution in [0, 0.1) is 0 Å². The molecule has 0 fully saturated rings. The molecule has 21 heavy (non-hydrogen) atoms. The van der Waals surface area contributed by atoms with Crippen molar-refractivity contribution < 1.29 is 19.5 Å². The number of benzene rings is 2. The molecule has 5 heteroatoms. The van der Waals surface area contributed by atoms with Crippen molar-refractivity contribution in [1.82, 2.24) is 5.32 Å². The van der Waals surface area contributed by atoms with Crippen LogP contribution in [0.25, 0.3) is 11.1 Å². The van der Waals surface area contributed by atoms with Crippen molar-refractivity contribution in [1.29, 1.82) is 0 Å². The Morgan fingerprint density at radius 2 is 1.62 bits per heavy atom. The minimum Gasteiger partial charge on any atom is -0.392 e. The number of fused-ring (bicyclic) bond motifs is 1. The fraction of sp³-hybridized carbons (Fsp3) is 0.0625. The van der Waals surface area contributed by atoms with Crippen LogP contribution in [-0.2, 0) is 6.61 Å². The van der Waals surface area contributed by atoms with E-state index in [1.807, 2.05) is 0 Å². The second-order valence-electron chi connectivity index (χ2n) is 4.73. The second-order valence-corrected chi connectivity index (χ2v) is 4.73. The molecular weight excluding hydrogens is 270 g/mol. The van der Waals surface area contributed by atoms with Gasteiger partial charge in [-0.15, -0.1) is 0 Å². The van der Waals surface area contributed by atoms with Crippen molar-refractivity contribution in [2.75, 3.05) is 0 Å². The van der Waals surface area contributed by atoms with Gasteiger partial charge in [-0.05, 0) is 34.9 Å². The minimum absolute atomic E-state index is 0.244. The maximum Gasteiger partial charge on any atom is 0.258 e. The van der Waals surface area contributed by atoms with Crippen LogP contribution in [0.2, 0.25) is 0 Å². The van der Waals surface area contributed by atoms with E-state index >= 15 is 0 Å². The Bertz CT molecular complexity index is 780. The van der Waals surface area contributed by atoms with E-state index in [9.17, 15) is 19.5 Å². The molecule has 3 rings (SSSR count). The lowest BCUT2D eigenvalue weighted by Gasteiger charge is -2.07. The molecule has 0 unspecified atom stereocenters. The third-order valence-corrected chi connectivity index (χ3v) is 3.51. The molecule has 0 aromatic heterocycles. The smallest absolute Gasteiger partial charge is 0.258 e. The molecule has 0 aliphatic carbocycles. The molecule has 0 radical (unpaired) electrons. The average molecular weight is 281 g/mol. The third kappa shape index (κ3) is 2.13. The maximum absolute atomic E-state index is 11.7. The quantitative estimate of drug-likeness (QED) is 0.660. The Balaban J connectivity index is 2.10. The molecule has 0 bridgehead atoms. The van der Waals surface area contributed by atoms with Gasteiger partial charge in [-0.2, -0.15) is 0 Å². The van der Waals surface area contributed by atoms with Crippen LogP contribution in [0.4, 0.5) is 0 Å². The number of carbonyl (C=O) groups excluding carboxylic acids is 3. The molecule has 1 aliphatic rings. The van der Waals surface area contributed by atoms with Crippen LogP contribution in [0.1, 0.15) is 36.6 Å². The van der Waals surface area contributed by atoms with E-state index in [1.54, 1.807) is 36.4 Å². The number of hydrogen-bond acceptors (Lipinski definition) is 4. The maximum atomic E-state index is 11.7. The van der Waals surface area contributed by atoms with E-state index in [1.165, 1.54) is 0 Å². The van der Waals surface area contributed by atoms with Gasteiger partial charge in [0.1, 0.15) is 6.29 Å². The summed E-state index contributed by atoms with van der Waals surface area (Å²) in [4.78, 5) is 34.0. The molecule has 1 heterocycles. The lowest BCUT2D eigenvalue weighted by atomic mass is 9.97. The second kappa shape index (κ2) is 4.96. The Morgan fingerprint density at radius 3 is 2.33 bits per heavy atom. The Kier molecular flexibility index (Phi) is 3.12. The predicted molar refractivity (Wildman–Crippen MR) is 75.0 cm³/mol. The molecule has 2 aromatic rings. The normalized spacial score (nSPS) is 13.0. The highest BCUT2D eigenvalue weighted by molar-refractivity contribution is 6.21. The van der Waals surface area contributed by atoms with Gasteiger partial charge in [-0.25, -0.2) is 0 Å². The van der Waals surface area contributed by atoms with Gasteiger partial charge < -0.3 is 5.11 Å². The van der Waals surface area contributed by atoms with Gasteiger partial charge in [0.25, 0.3) is 11.8 Å². The summed E-state index contributed by atoms with van der Waals surface area (Å²) in [6.07, 6.45) is 0.685. The summed E-state index contributed by atoms with van der Waals surface area (Å²) in [6, 6.07) is 10.0. The first-order valence-electron chi connectivity index (χ1n) is 6.33. The minimum atomic E-state index is -0.413. The van der Waals surface area contributed by atoms with Crippen molar-refractivity contribution in [3.63, 3.8) is 0 Å². The molecule has 2 N–H and O–H groups in total. The number of imide groups is 1. The van der Waals surface area contributed by atoms with Crippen molar-refractivity contribution in [3.8, 4) is 11.1 Å². The van der Waals surface area contributed by atoms with Gasteiger partial charge in [0.2, 0.25) is 0 Å². The number of aliphatic hydroxyl groups is 1. The summed E-state index contributed by atoms with van der Waals surface area (Å²) >= 11 is 0. The van der Waals surface area contributed by atoms with Crippen LogP contribution in [0.15, 0.2) is 36.4 Å². The van der Waals surface area contributed by atoms with Gasteiger partial charge in [-0.3, -0.25) is 19.7 Å². The lowest BCUT2D eigenvalue weighted by Crippen LogP contribution is -2.19. The summed E-state index contributed by atoms with van der Waals surface area (Å²) in [6.45, 7) is -0.244. The number of amides is 2. The van der Waals surface area contributed by atoms with Crippen molar-refractivity contribution in [2.24, 2.45) is 0 Å². The number of hydrogen-bond donors (Lipinski definition) is 2. The monoisotopic (exact) mass is 281 g/mol. The van der Waals surface area contributed by atoms with Crippen LogP contribution in [0.3, 0.4) is 0 Å². The van der Waals surface area contributed by atoms with Crippen molar-refractivity contribution in [3.05, 3.63) is 58.7 Å². The highest BCUT2D eigenvalue weighted by atomic mass is 16.3. The third-order valence-electron chi connectivity index (χ3n) is 3.51. The van der Waals surface area contributed by atoms with Gasteiger partial charge in [0, 0.05) is 5.56 Å². The lowest BCUT2D eigenvalue weighted by molar-refractivity contribution is 0.0879. The number of aldehydes is 1. The van der Waals surface area contributed by atoms with E-state index in [2.05, 4.69) is 5.32 Å². The number of aliphatic hydroxyl groups excluding tert-OH is 1. The molecule has 0 atom stereocenters. The zero-order valence-corrected chi connectivity index (χ0v) is 10.9. The number of carbonyl (C=O) groups is 3. The topological polar surface area (TPSA) is 83.5 Å². The first-order chi connectivity index (χ1) is 10.1. The van der Waals surface area contributed by atoms with Gasteiger partial charge in [0.15, 0.2) is 0 Å². The van der Waals surface area contributed by atoms with E-state index in [0.29, 0.717) is 28.5 Å².